The van der Waals surface area contributed by atoms with Gasteiger partial charge in [-0.3, -0.25) is 0 Å². The highest BCUT2D eigenvalue weighted by molar-refractivity contribution is 6.13. The molecule has 0 bridgehead atoms. The van der Waals surface area contributed by atoms with Gasteiger partial charge in [-0.05, 0) is 42.0 Å². The van der Waals surface area contributed by atoms with Crippen molar-refractivity contribution in [3.63, 3.8) is 0 Å². The molecule has 1 heterocycles. The number of hydrogen-bond acceptors (Lipinski definition) is 7. The van der Waals surface area contributed by atoms with Crippen molar-refractivity contribution in [2.75, 3.05) is 28.4 Å². The molecular weight excluding hydrogens is 350 g/mol. The van der Waals surface area contributed by atoms with E-state index in [1.165, 1.54) is 21.3 Å². The van der Waals surface area contributed by atoms with Crippen LogP contribution in [-0.2, 0) is 9.53 Å². The lowest BCUT2D eigenvalue weighted by molar-refractivity contribution is -0.129. The van der Waals surface area contributed by atoms with Crippen molar-refractivity contribution in [2.24, 2.45) is 4.99 Å². The molecule has 140 valence electrons. The Morgan fingerprint density at radius 2 is 1.63 bits per heavy atom. The van der Waals surface area contributed by atoms with E-state index in [2.05, 4.69) is 4.99 Å². The van der Waals surface area contributed by atoms with E-state index in [9.17, 15) is 4.79 Å². The van der Waals surface area contributed by atoms with Gasteiger partial charge >= 0.3 is 5.97 Å². The number of carbonyl (C=O) groups is 1. The molecule has 1 aliphatic heterocycles. The molecular formula is C20H19NO6. The number of methoxy groups -OCH3 is 4. The van der Waals surface area contributed by atoms with Crippen molar-refractivity contribution in [1.29, 1.82) is 0 Å². The Morgan fingerprint density at radius 3 is 2.22 bits per heavy atom. The summed E-state index contributed by atoms with van der Waals surface area (Å²) in [6, 6.07) is 10.6. The maximum atomic E-state index is 12.2. The fraction of sp³-hybridized carbons (Fsp3) is 0.200. The van der Waals surface area contributed by atoms with Gasteiger partial charge in [0.05, 0.1) is 28.4 Å². The van der Waals surface area contributed by atoms with Gasteiger partial charge in [-0.1, -0.05) is 6.07 Å². The molecule has 0 amide bonds. The first-order valence-corrected chi connectivity index (χ1v) is 8.06. The largest absolute Gasteiger partial charge is 0.497 e. The first-order chi connectivity index (χ1) is 13.1. The lowest BCUT2D eigenvalue weighted by atomic mass is 10.1. The summed E-state index contributed by atoms with van der Waals surface area (Å²) in [5, 5.41) is 0. The average molecular weight is 369 g/mol. The van der Waals surface area contributed by atoms with Crippen molar-refractivity contribution in [2.45, 2.75) is 0 Å². The van der Waals surface area contributed by atoms with Gasteiger partial charge in [-0.25, -0.2) is 9.79 Å². The molecule has 7 nitrogen and oxygen atoms in total. The van der Waals surface area contributed by atoms with Crippen LogP contribution in [0.1, 0.15) is 11.1 Å². The van der Waals surface area contributed by atoms with E-state index in [4.69, 9.17) is 23.7 Å². The third-order valence-electron chi connectivity index (χ3n) is 3.93. The van der Waals surface area contributed by atoms with Gasteiger partial charge in [0.1, 0.15) is 5.75 Å². The van der Waals surface area contributed by atoms with Gasteiger partial charge in [0.15, 0.2) is 17.2 Å². The quantitative estimate of drug-likeness (QED) is 0.575. The van der Waals surface area contributed by atoms with Crippen LogP contribution in [0, 0.1) is 0 Å². The molecule has 0 N–H and O–H groups in total. The molecule has 27 heavy (non-hydrogen) atoms. The van der Waals surface area contributed by atoms with E-state index in [-0.39, 0.29) is 11.6 Å². The summed E-state index contributed by atoms with van der Waals surface area (Å²) in [6.45, 7) is 0. The first kappa shape index (κ1) is 18.3. The second kappa shape index (κ2) is 7.82. The van der Waals surface area contributed by atoms with Crippen LogP contribution in [0.15, 0.2) is 47.1 Å². The monoisotopic (exact) mass is 369 g/mol. The number of aliphatic imine (C=N–C) groups is 1. The molecule has 0 spiro atoms. The predicted molar refractivity (Wildman–Crippen MR) is 99.7 cm³/mol. The Balaban J connectivity index is 1.99. The maximum Gasteiger partial charge on any atom is 0.363 e. The van der Waals surface area contributed by atoms with Crippen molar-refractivity contribution in [3.8, 4) is 23.0 Å². The fourth-order valence-electron chi connectivity index (χ4n) is 2.63. The van der Waals surface area contributed by atoms with E-state index in [1.807, 2.05) is 0 Å². The van der Waals surface area contributed by atoms with Crippen LogP contribution < -0.4 is 18.9 Å². The highest BCUT2D eigenvalue weighted by Crippen LogP contribution is 2.39. The number of nitrogens with zero attached hydrogens (tertiary/aromatic N) is 1. The van der Waals surface area contributed by atoms with Gasteiger partial charge in [0.25, 0.3) is 0 Å². The number of hydrogen-bond donors (Lipinski definition) is 0. The number of rotatable bonds is 6. The molecule has 1 aliphatic rings. The van der Waals surface area contributed by atoms with Gasteiger partial charge in [-0.15, -0.1) is 0 Å². The van der Waals surface area contributed by atoms with Crippen LogP contribution in [0.25, 0.3) is 6.08 Å². The third kappa shape index (κ3) is 3.72. The third-order valence-corrected chi connectivity index (χ3v) is 3.93. The minimum Gasteiger partial charge on any atom is -0.497 e. The molecule has 7 heteroatoms. The molecule has 0 unspecified atom stereocenters. The molecule has 0 atom stereocenters. The summed E-state index contributed by atoms with van der Waals surface area (Å²) in [4.78, 5) is 16.5. The van der Waals surface area contributed by atoms with Gasteiger partial charge in [0.2, 0.25) is 11.6 Å². The predicted octanol–water partition coefficient (Wildman–Crippen LogP) is 3.07. The van der Waals surface area contributed by atoms with Gasteiger partial charge < -0.3 is 23.7 Å². The Labute approximate surface area is 156 Å². The number of carbonyl (C=O) groups excluding carboxylic acids is 1. The van der Waals surface area contributed by atoms with Crippen LogP contribution in [0.2, 0.25) is 0 Å². The maximum absolute atomic E-state index is 12.2. The SMILES string of the molecule is COc1cccc(C2=NC(=Cc3cc(OC)c(OC)c(OC)c3)C(=O)O2)c1. The number of ether oxygens (including phenoxy) is 5. The number of benzene rings is 2. The van der Waals surface area contributed by atoms with Crippen molar-refractivity contribution < 1.29 is 28.5 Å². The molecule has 2 aromatic rings. The Kier molecular flexibility index (Phi) is 5.30. The van der Waals surface area contributed by atoms with Crippen molar-refractivity contribution in [3.05, 3.63) is 53.2 Å². The van der Waals surface area contributed by atoms with E-state index in [1.54, 1.807) is 49.6 Å². The van der Waals surface area contributed by atoms with Crippen molar-refractivity contribution in [1.82, 2.24) is 0 Å². The lowest BCUT2D eigenvalue weighted by Gasteiger charge is -2.12. The van der Waals surface area contributed by atoms with Crippen LogP contribution in [0.5, 0.6) is 23.0 Å². The smallest absolute Gasteiger partial charge is 0.363 e. The summed E-state index contributed by atoms with van der Waals surface area (Å²) >= 11 is 0. The summed E-state index contributed by atoms with van der Waals surface area (Å²) in [5.74, 6) is 1.75. The van der Waals surface area contributed by atoms with Crippen molar-refractivity contribution >= 4 is 17.9 Å². The second-order valence-corrected chi connectivity index (χ2v) is 5.53. The van der Waals surface area contributed by atoms with Gasteiger partial charge in [-0.2, -0.15) is 0 Å². The number of esters is 1. The number of cyclic esters (lactones) is 1. The summed E-state index contributed by atoms with van der Waals surface area (Å²) in [6.07, 6.45) is 1.60. The fourth-order valence-corrected chi connectivity index (χ4v) is 2.63. The summed E-state index contributed by atoms with van der Waals surface area (Å²) < 4.78 is 26.4. The standard InChI is InChI=1S/C20H19NO6/c1-23-14-7-5-6-13(11-14)19-21-15(20(22)27-19)8-12-9-16(24-2)18(26-4)17(10-12)25-3/h5-11H,1-4H3. The van der Waals surface area contributed by atoms with Crippen LogP contribution >= 0.6 is 0 Å². The zero-order valence-corrected chi connectivity index (χ0v) is 15.4. The molecule has 3 rings (SSSR count). The minimum absolute atomic E-state index is 0.169. The zero-order chi connectivity index (χ0) is 19.4. The van der Waals surface area contributed by atoms with Crippen LogP contribution in [0.4, 0.5) is 0 Å². The highest BCUT2D eigenvalue weighted by atomic mass is 16.6. The van der Waals surface area contributed by atoms with Crippen LogP contribution in [0.3, 0.4) is 0 Å². The molecule has 2 aromatic carbocycles. The Bertz CT molecular complexity index is 907. The van der Waals surface area contributed by atoms with E-state index in [0.717, 1.165) is 0 Å². The summed E-state index contributed by atoms with van der Waals surface area (Å²) in [7, 11) is 6.14. The molecule has 0 radical (unpaired) electrons. The topological polar surface area (TPSA) is 75.6 Å². The lowest BCUT2D eigenvalue weighted by Crippen LogP contribution is -2.05. The highest BCUT2D eigenvalue weighted by Gasteiger charge is 2.25. The Morgan fingerprint density at radius 1 is 0.926 bits per heavy atom. The molecule has 0 saturated carbocycles. The molecule has 0 aliphatic carbocycles. The minimum atomic E-state index is -0.540. The zero-order valence-electron chi connectivity index (χ0n) is 15.4. The van der Waals surface area contributed by atoms with E-state index >= 15 is 0 Å². The van der Waals surface area contributed by atoms with Gasteiger partial charge in [0, 0.05) is 5.56 Å². The first-order valence-electron chi connectivity index (χ1n) is 8.06. The summed E-state index contributed by atoms with van der Waals surface area (Å²) in [5.41, 5.74) is 1.48. The molecule has 0 aromatic heterocycles. The normalized spacial score (nSPS) is 14.6. The van der Waals surface area contributed by atoms with E-state index < -0.39 is 5.97 Å². The average Bonchev–Trinajstić information content (AvgIpc) is 3.07. The molecule has 0 fully saturated rings. The second-order valence-electron chi connectivity index (χ2n) is 5.53. The van der Waals surface area contributed by atoms with Crippen LogP contribution in [-0.4, -0.2) is 40.3 Å². The Hall–Kier alpha value is -3.48. The van der Waals surface area contributed by atoms with E-state index in [0.29, 0.717) is 34.1 Å². The molecule has 0 saturated heterocycles.